The van der Waals surface area contributed by atoms with Crippen LogP contribution in [0.4, 0.5) is 0 Å². The largest absolute Gasteiger partial charge is 0.481 e. The van der Waals surface area contributed by atoms with Crippen LogP contribution in [0.25, 0.3) is 22.1 Å². The fraction of sp³-hybridized carbons (Fsp3) is 0.308. The summed E-state index contributed by atoms with van der Waals surface area (Å²) in [5.41, 5.74) is 2.93. The van der Waals surface area contributed by atoms with E-state index in [0.29, 0.717) is 43.4 Å². The van der Waals surface area contributed by atoms with Crippen LogP contribution in [-0.2, 0) is 14.4 Å². The summed E-state index contributed by atoms with van der Waals surface area (Å²) in [7, 11) is 0. The molecule has 2 heterocycles. The third kappa shape index (κ3) is 4.72. The SMILES string of the molecule is Cc1ccccc1-c1cc(=O)oc2cc(C(C=O)C(=O)N3CCC(CC(=O)O)CC3)ccc12. The first-order valence-electron chi connectivity index (χ1n) is 11.0. The topological polar surface area (TPSA) is 105 Å². The fourth-order valence-corrected chi connectivity index (χ4v) is 4.55. The normalized spacial score (nSPS) is 15.4. The number of aliphatic carboxylic acids is 1. The number of carboxylic acid groups (broad SMARTS) is 1. The van der Waals surface area contributed by atoms with Crippen molar-refractivity contribution >= 4 is 29.1 Å². The smallest absolute Gasteiger partial charge is 0.336 e. The van der Waals surface area contributed by atoms with Gasteiger partial charge in [0.25, 0.3) is 0 Å². The Balaban J connectivity index is 1.63. The minimum absolute atomic E-state index is 0.0380. The fourth-order valence-electron chi connectivity index (χ4n) is 4.55. The lowest BCUT2D eigenvalue weighted by Gasteiger charge is -2.32. The second-order valence-corrected chi connectivity index (χ2v) is 8.53. The van der Waals surface area contributed by atoms with Crippen LogP contribution in [0.5, 0.6) is 0 Å². The molecule has 4 rings (SSSR count). The van der Waals surface area contributed by atoms with Crippen LogP contribution in [0.1, 0.15) is 36.3 Å². The standard InChI is InChI=1S/C26H25NO6/c1-16-4-2-3-5-19(16)21-14-25(31)33-23-13-18(6-7-20(21)23)22(15-28)26(32)27-10-8-17(9-11-27)12-24(29)30/h2-7,13-15,17,22H,8-12H2,1H3,(H,29,30). The van der Waals surface area contributed by atoms with Gasteiger partial charge in [0.05, 0.1) is 0 Å². The van der Waals surface area contributed by atoms with Gasteiger partial charge < -0.3 is 19.2 Å². The molecule has 33 heavy (non-hydrogen) atoms. The van der Waals surface area contributed by atoms with Crippen molar-refractivity contribution in [3.8, 4) is 11.1 Å². The molecule has 0 saturated carbocycles. The molecule has 1 fully saturated rings. The highest BCUT2D eigenvalue weighted by atomic mass is 16.4. The molecule has 0 aliphatic carbocycles. The van der Waals surface area contributed by atoms with Crippen LogP contribution in [0.3, 0.4) is 0 Å². The maximum atomic E-state index is 13.1. The molecule has 1 aliphatic rings. The Bertz CT molecular complexity index is 1270. The van der Waals surface area contributed by atoms with Crippen LogP contribution < -0.4 is 5.63 Å². The number of rotatable bonds is 6. The summed E-state index contributed by atoms with van der Waals surface area (Å²) in [6.07, 6.45) is 1.88. The Morgan fingerprint density at radius 2 is 1.85 bits per heavy atom. The van der Waals surface area contributed by atoms with Gasteiger partial charge in [0, 0.05) is 36.5 Å². The van der Waals surface area contributed by atoms with Gasteiger partial charge in [-0.15, -0.1) is 0 Å². The molecule has 170 valence electrons. The van der Waals surface area contributed by atoms with Crippen molar-refractivity contribution in [1.29, 1.82) is 0 Å². The van der Waals surface area contributed by atoms with Gasteiger partial charge in [-0.05, 0) is 48.4 Å². The van der Waals surface area contributed by atoms with Crippen molar-refractivity contribution in [3.63, 3.8) is 0 Å². The first-order chi connectivity index (χ1) is 15.9. The molecule has 0 bridgehead atoms. The summed E-state index contributed by atoms with van der Waals surface area (Å²) in [4.78, 5) is 49.8. The quantitative estimate of drug-likeness (QED) is 0.350. The van der Waals surface area contributed by atoms with Crippen molar-refractivity contribution in [2.75, 3.05) is 13.1 Å². The maximum absolute atomic E-state index is 13.1. The molecular formula is C26H25NO6. The molecule has 1 unspecified atom stereocenters. The van der Waals surface area contributed by atoms with E-state index in [-0.39, 0.29) is 18.2 Å². The Morgan fingerprint density at radius 3 is 2.52 bits per heavy atom. The number of likely N-dealkylation sites (tertiary alicyclic amines) is 1. The monoisotopic (exact) mass is 447 g/mol. The molecule has 7 nitrogen and oxygen atoms in total. The molecular weight excluding hydrogens is 422 g/mol. The number of aryl methyl sites for hydroxylation is 1. The lowest BCUT2D eigenvalue weighted by atomic mass is 9.91. The van der Waals surface area contributed by atoms with Crippen LogP contribution in [0, 0.1) is 12.8 Å². The van der Waals surface area contributed by atoms with E-state index >= 15 is 0 Å². The van der Waals surface area contributed by atoms with Crippen molar-refractivity contribution < 1.29 is 23.9 Å². The zero-order valence-electron chi connectivity index (χ0n) is 18.3. The van der Waals surface area contributed by atoms with Crippen molar-refractivity contribution in [3.05, 3.63) is 70.1 Å². The number of aldehydes is 1. The Labute approximate surface area is 190 Å². The van der Waals surface area contributed by atoms with Gasteiger partial charge in [-0.1, -0.05) is 36.4 Å². The molecule has 0 radical (unpaired) electrons. The van der Waals surface area contributed by atoms with Crippen LogP contribution in [-0.4, -0.2) is 41.3 Å². The van der Waals surface area contributed by atoms with Gasteiger partial charge in [-0.2, -0.15) is 0 Å². The number of carboxylic acids is 1. The number of benzene rings is 2. The first kappa shape index (κ1) is 22.5. The average molecular weight is 447 g/mol. The highest BCUT2D eigenvalue weighted by Crippen LogP contribution is 2.32. The number of piperidine rings is 1. The van der Waals surface area contributed by atoms with Gasteiger partial charge in [-0.3, -0.25) is 9.59 Å². The number of hydrogen-bond acceptors (Lipinski definition) is 5. The molecule has 1 saturated heterocycles. The summed E-state index contributed by atoms with van der Waals surface area (Å²) >= 11 is 0. The summed E-state index contributed by atoms with van der Waals surface area (Å²) < 4.78 is 5.42. The Kier molecular flexibility index (Phi) is 6.40. The van der Waals surface area contributed by atoms with Gasteiger partial charge in [0.1, 0.15) is 17.8 Å². The number of nitrogens with zero attached hydrogens (tertiary/aromatic N) is 1. The van der Waals surface area contributed by atoms with Crippen molar-refractivity contribution in [1.82, 2.24) is 4.90 Å². The molecule has 2 aromatic carbocycles. The van der Waals surface area contributed by atoms with E-state index in [1.165, 1.54) is 6.07 Å². The number of amides is 1. The molecule has 1 aromatic heterocycles. The highest BCUT2D eigenvalue weighted by Gasteiger charge is 2.30. The highest BCUT2D eigenvalue weighted by molar-refractivity contribution is 6.00. The van der Waals surface area contributed by atoms with E-state index < -0.39 is 17.5 Å². The van der Waals surface area contributed by atoms with Gasteiger partial charge in [0.2, 0.25) is 5.91 Å². The Morgan fingerprint density at radius 1 is 1.12 bits per heavy atom. The maximum Gasteiger partial charge on any atom is 0.336 e. The predicted octanol–water partition coefficient (Wildman–Crippen LogP) is 3.76. The lowest BCUT2D eigenvalue weighted by Crippen LogP contribution is -2.41. The molecule has 1 N–H and O–H groups in total. The number of fused-ring (bicyclic) bond motifs is 1. The molecule has 1 amide bonds. The molecule has 3 aromatic rings. The van der Waals surface area contributed by atoms with E-state index in [0.717, 1.165) is 22.1 Å². The number of hydrogen-bond donors (Lipinski definition) is 1. The Hall–Kier alpha value is -3.74. The van der Waals surface area contributed by atoms with Crippen molar-refractivity contribution in [2.24, 2.45) is 5.92 Å². The second kappa shape index (κ2) is 9.40. The predicted molar refractivity (Wildman–Crippen MR) is 123 cm³/mol. The van der Waals surface area contributed by atoms with E-state index in [1.54, 1.807) is 23.1 Å². The second-order valence-electron chi connectivity index (χ2n) is 8.53. The van der Waals surface area contributed by atoms with Crippen LogP contribution >= 0.6 is 0 Å². The van der Waals surface area contributed by atoms with E-state index in [4.69, 9.17) is 9.52 Å². The number of carbonyl (C=O) groups excluding carboxylic acids is 2. The third-order valence-corrected chi connectivity index (χ3v) is 6.35. The summed E-state index contributed by atoms with van der Waals surface area (Å²) in [5, 5.41) is 9.69. The summed E-state index contributed by atoms with van der Waals surface area (Å²) in [6.45, 7) is 2.80. The molecule has 1 atom stereocenters. The van der Waals surface area contributed by atoms with E-state index in [1.807, 2.05) is 31.2 Å². The number of carbonyl (C=O) groups is 3. The minimum atomic E-state index is -1.02. The zero-order chi connectivity index (χ0) is 23.5. The van der Waals surface area contributed by atoms with Crippen LogP contribution in [0.2, 0.25) is 0 Å². The van der Waals surface area contributed by atoms with Gasteiger partial charge >= 0.3 is 11.6 Å². The zero-order valence-corrected chi connectivity index (χ0v) is 18.3. The lowest BCUT2D eigenvalue weighted by molar-refractivity contribution is -0.139. The minimum Gasteiger partial charge on any atom is -0.481 e. The van der Waals surface area contributed by atoms with Gasteiger partial charge in [-0.25, -0.2) is 4.79 Å². The molecule has 0 spiro atoms. The molecule has 7 heteroatoms. The van der Waals surface area contributed by atoms with Crippen molar-refractivity contribution in [2.45, 2.75) is 32.1 Å². The van der Waals surface area contributed by atoms with E-state index in [9.17, 15) is 19.2 Å². The summed E-state index contributed by atoms with van der Waals surface area (Å²) in [6, 6.07) is 14.3. The van der Waals surface area contributed by atoms with E-state index in [2.05, 4.69) is 0 Å². The van der Waals surface area contributed by atoms with Gasteiger partial charge in [0.15, 0.2) is 0 Å². The average Bonchev–Trinajstić information content (AvgIpc) is 2.79. The van der Waals surface area contributed by atoms with Crippen LogP contribution in [0.15, 0.2) is 57.7 Å². The first-order valence-corrected chi connectivity index (χ1v) is 11.0. The third-order valence-electron chi connectivity index (χ3n) is 6.35. The summed E-state index contributed by atoms with van der Waals surface area (Å²) in [5.74, 6) is -2.14. The molecule has 1 aliphatic heterocycles.